The molecule has 0 aromatic carbocycles. The summed E-state index contributed by atoms with van der Waals surface area (Å²) >= 11 is 0. The molecule has 0 aromatic heterocycles. The van der Waals surface area contributed by atoms with E-state index in [1.54, 1.807) is 20.8 Å². The summed E-state index contributed by atoms with van der Waals surface area (Å²) in [6.07, 6.45) is 0.752. The van der Waals surface area contributed by atoms with E-state index in [1.807, 2.05) is 41.5 Å². The Morgan fingerprint density at radius 1 is 0.692 bits per heavy atom. The molecule has 0 amide bonds. The fourth-order valence-corrected chi connectivity index (χ4v) is 4.21. The van der Waals surface area contributed by atoms with Gasteiger partial charge in [0.2, 0.25) is 0 Å². The number of Topliss-reactive ketones (excluding diaryl/α,β-unsaturated/α-hetero) is 2. The minimum Gasteiger partial charge on any atom is -0.481 e. The van der Waals surface area contributed by atoms with Crippen LogP contribution in [0.4, 0.5) is 0 Å². The average molecular weight is 561 g/mol. The molecular formula is C29H52O10. The van der Waals surface area contributed by atoms with E-state index >= 15 is 0 Å². The van der Waals surface area contributed by atoms with Crippen LogP contribution >= 0.6 is 0 Å². The third kappa shape index (κ3) is 16.7. The van der Waals surface area contributed by atoms with Crippen LogP contribution in [0.25, 0.3) is 0 Å². The van der Waals surface area contributed by atoms with Crippen molar-refractivity contribution in [1.82, 2.24) is 0 Å². The second-order valence-corrected chi connectivity index (χ2v) is 11.8. The van der Waals surface area contributed by atoms with E-state index in [0.29, 0.717) is 38.9 Å². The highest BCUT2D eigenvalue weighted by atomic mass is 16.6. The van der Waals surface area contributed by atoms with Gasteiger partial charge in [0, 0.05) is 25.7 Å². The minimum absolute atomic E-state index is 0.0532. The summed E-state index contributed by atoms with van der Waals surface area (Å²) in [7, 11) is 0. The fraction of sp³-hybridized carbons (Fsp3) is 0.862. The van der Waals surface area contributed by atoms with Crippen LogP contribution in [0.5, 0.6) is 0 Å². The molecule has 0 fully saturated rings. The second-order valence-electron chi connectivity index (χ2n) is 11.8. The number of carbonyl (C=O) groups is 4. The van der Waals surface area contributed by atoms with Crippen LogP contribution in [0.2, 0.25) is 0 Å². The van der Waals surface area contributed by atoms with Crippen LogP contribution < -0.4 is 0 Å². The molecule has 0 aromatic rings. The topological polar surface area (TPSA) is 146 Å². The zero-order chi connectivity index (χ0) is 30.4. The van der Waals surface area contributed by atoms with Crippen molar-refractivity contribution in [2.75, 3.05) is 13.2 Å². The van der Waals surface area contributed by atoms with E-state index in [4.69, 9.17) is 29.2 Å². The molecule has 2 N–H and O–H groups in total. The summed E-state index contributed by atoms with van der Waals surface area (Å²) < 4.78 is 24.2. The van der Waals surface area contributed by atoms with Gasteiger partial charge in [-0.1, -0.05) is 13.8 Å². The van der Waals surface area contributed by atoms with Crippen molar-refractivity contribution in [3.8, 4) is 0 Å². The lowest BCUT2D eigenvalue weighted by Gasteiger charge is -2.35. The van der Waals surface area contributed by atoms with Crippen LogP contribution in [0.15, 0.2) is 0 Å². The standard InChI is InChI=1S/C29H52O10/c1-10-21(38-20(3)23(30)12-14-25(32)33)18-27(4,5)36-16-17-37-28(6,7)19-22(11-2)39-29(8,9)24(31)13-15-26(34)35/h20-22H,10-19H2,1-9H3,(H,32,33)(H,34,35). The number of carboxylic acid groups (broad SMARTS) is 2. The van der Waals surface area contributed by atoms with Crippen molar-refractivity contribution in [2.24, 2.45) is 0 Å². The van der Waals surface area contributed by atoms with Crippen LogP contribution in [0.3, 0.4) is 0 Å². The molecule has 3 unspecified atom stereocenters. The number of ketones is 2. The summed E-state index contributed by atoms with van der Waals surface area (Å²) in [5, 5.41) is 17.6. The zero-order valence-electron chi connectivity index (χ0n) is 25.5. The van der Waals surface area contributed by atoms with Gasteiger partial charge in [-0.2, -0.15) is 0 Å². The lowest BCUT2D eigenvalue weighted by atomic mass is 9.95. The Hall–Kier alpha value is -1.88. The number of carboxylic acids is 2. The molecule has 0 aliphatic rings. The van der Waals surface area contributed by atoms with Gasteiger partial charge in [0.1, 0.15) is 11.7 Å². The highest BCUT2D eigenvalue weighted by molar-refractivity contribution is 5.88. The summed E-state index contributed by atoms with van der Waals surface area (Å²) in [6.45, 7) is 17.4. The average Bonchev–Trinajstić information content (AvgIpc) is 2.82. The molecule has 0 aliphatic heterocycles. The van der Waals surface area contributed by atoms with E-state index < -0.39 is 34.8 Å². The van der Waals surface area contributed by atoms with Gasteiger partial charge < -0.3 is 29.2 Å². The minimum atomic E-state index is -1.09. The highest BCUT2D eigenvalue weighted by Gasteiger charge is 2.34. The van der Waals surface area contributed by atoms with E-state index in [0.717, 1.165) is 0 Å². The van der Waals surface area contributed by atoms with Crippen LogP contribution in [0, 0.1) is 0 Å². The van der Waals surface area contributed by atoms with Gasteiger partial charge in [-0.05, 0) is 61.3 Å². The Labute approximate surface area is 234 Å². The van der Waals surface area contributed by atoms with Crippen LogP contribution in [0.1, 0.15) is 114 Å². The molecule has 0 spiro atoms. The first-order valence-corrected chi connectivity index (χ1v) is 13.9. The molecule has 0 bridgehead atoms. The maximum atomic E-state index is 12.5. The van der Waals surface area contributed by atoms with Crippen molar-refractivity contribution in [3.63, 3.8) is 0 Å². The number of aliphatic carboxylic acids is 2. The predicted molar refractivity (Wildman–Crippen MR) is 147 cm³/mol. The lowest BCUT2D eigenvalue weighted by Crippen LogP contribution is -2.42. The van der Waals surface area contributed by atoms with E-state index in [9.17, 15) is 19.2 Å². The summed E-state index contributed by atoms with van der Waals surface area (Å²) in [5.41, 5.74) is -2.17. The van der Waals surface area contributed by atoms with Crippen molar-refractivity contribution in [1.29, 1.82) is 0 Å². The molecule has 10 heteroatoms. The monoisotopic (exact) mass is 560 g/mol. The van der Waals surface area contributed by atoms with Crippen LogP contribution in [-0.4, -0.2) is 82.0 Å². The predicted octanol–water partition coefficient (Wildman–Crippen LogP) is 4.98. The quantitative estimate of drug-likeness (QED) is 0.164. The third-order valence-electron chi connectivity index (χ3n) is 6.55. The zero-order valence-corrected chi connectivity index (χ0v) is 25.5. The van der Waals surface area contributed by atoms with Gasteiger partial charge in [0.05, 0.1) is 49.5 Å². The normalized spacial score (nSPS) is 15.0. The second kappa shape index (κ2) is 17.0. The molecule has 0 aliphatic carbocycles. The number of carbonyl (C=O) groups excluding carboxylic acids is 2. The van der Waals surface area contributed by atoms with Crippen molar-refractivity contribution in [2.45, 2.75) is 149 Å². The van der Waals surface area contributed by atoms with Gasteiger partial charge in [0.15, 0.2) is 11.6 Å². The first kappa shape index (κ1) is 37.1. The summed E-state index contributed by atoms with van der Waals surface area (Å²) in [4.78, 5) is 46.1. The van der Waals surface area contributed by atoms with Gasteiger partial charge >= 0.3 is 11.9 Å². The molecule has 0 saturated carbocycles. The fourth-order valence-electron chi connectivity index (χ4n) is 4.21. The summed E-state index contributed by atoms with van der Waals surface area (Å²) in [5.74, 6) is -2.49. The van der Waals surface area contributed by atoms with Crippen molar-refractivity contribution >= 4 is 23.5 Å². The number of hydrogen-bond donors (Lipinski definition) is 2. The SMILES string of the molecule is CCC(CC(C)(C)OCCOC(C)(C)CC(CC)OC(C)(C)C(=O)CCC(=O)O)OC(C)C(=O)CCC(=O)O. The molecule has 39 heavy (non-hydrogen) atoms. The van der Waals surface area contributed by atoms with Gasteiger partial charge in [-0.15, -0.1) is 0 Å². The molecule has 10 nitrogen and oxygen atoms in total. The first-order chi connectivity index (χ1) is 17.8. The van der Waals surface area contributed by atoms with Gasteiger partial charge in [0.25, 0.3) is 0 Å². The lowest BCUT2D eigenvalue weighted by molar-refractivity contribution is -0.158. The maximum absolute atomic E-state index is 12.5. The van der Waals surface area contributed by atoms with Crippen molar-refractivity contribution < 1.29 is 48.3 Å². The molecule has 0 heterocycles. The van der Waals surface area contributed by atoms with Crippen LogP contribution in [-0.2, 0) is 38.1 Å². The van der Waals surface area contributed by atoms with Gasteiger partial charge in [-0.25, -0.2) is 0 Å². The number of hydrogen-bond acceptors (Lipinski definition) is 8. The molecule has 0 radical (unpaired) electrons. The molecule has 0 saturated heterocycles. The van der Waals surface area contributed by atoms with E-state index in [1.165, 1.54) is 0 Å². The Bertz CT molecular complexity index is 787. The molecule has 0 rings (SSSR count). The Morgan fingerprint density at radius 2 is 1.13 bits per heavy atom. The Balaban J connectivity index is 4.72. The smallest absolute Gasteiger partial charge is 0.303 e. The molecule has 228 valence electrons. The van der Waals surface area contributed by atoms with Crippen molar-refractivity contribution in [3.05, 3.63) is 0 Å². The van der Waals surface area contributed by atoms with E-state index in [-0.39, 0.29) is 49.5 Å². The molecule has 3 atom stereocenters. The Morgan fingerprint density at radius 3 is 1.56 bits per heavy atom. The molecular weight excluding hydrogens is 508 g/mol. The van der Waals surface area contributed by atoms with E-state index in [2.05, 4.69) is 0 Å². The number of ether oxygens (including phenoxy) is 4. The third-order valence-corrected chi connectivity index (χ3v) is 6.55. The highest BCUT2D eigenvalue weighted by Crippen LogP contribution is 2.27. The summed E-state index contributed by atoms with van der Waals surface area (Å²) in [6, 6.07) is 0. The first-order valence-electron chi connectivity index (χ1n) is 13.9. The van der Waals surface area contributed by atoms with Gasteiger partial charge in [-0.3, -0.25) is 19.2 Å². The Kier molecular flexibility index (Phi) is 16.2. The number of rotatable bonds is 23. The maximum Gasteiger partial charge on any atom is 0.303 e. The largest absolute Gasteiger partial charge is 0.481 e.